The van der Waals surface area contributed by atoms with E-state index in [1.165, 1.54) is 3.58 Å². The van der Waals surface area contributed by atoms with Gasteiger partial charge in [-0.3, -0.25) is 0 Å². The average molecular weight is 512 g/mol. The number of ether oxygens (including phenoxy) is 5. The molecule has 0 bridgehead atoms. The molecule has 0 radical (unpaired) electrons. The number of hydrogen-bond donors (Lipinski definition) is 0. The van der Waals surface area contributed by atoms with E-state index in [-0.39, 0.29) is 36.1 Å². The van der Waals surface area contributed by atoms with Crippen LogP contribution in [0.3, 0.4) is 0 Å². The SMILES string of the molecule is CC1(C)OC[C@H]2O[C@@H]3O[C@H]4CC(I)=CC[C@@H]4[C@@H]3[C@@H](OC(=O)c3ccccc3)[C@@H]2O1. The van der Waals surface area contributed by atoms with E-state index < -0.39 is 18.2 Å². The second kappa shape index (κ2) is 7.60. The highest BCUT2D eigenvalue weighted by atomic mass is 127. The fourth-order valence-corrected chi connectivity index (χ4v) is 5.58. The second-order valence-electron chi connectivity index (χ2n) is 8.58. The smallest absolute Gasteiger partial charge is 0.338 e. The predicted molar refractivity (Wildman–Crippen MR) is 112 cm³/mol. The fraction of sp³-hybridized carbons (Fsp3) is 0.591. The van der Waals surface area contributed by atoms with Crippen molar-refractivity contribution in [1.29, 1.82) is 0 Å². The lowest BCUT2D eigenvalue weighted by molar-refractivity contribution is -0.368. The van der Waals surface area contributed by atoms with Gasteiger partial charge < -0.3 is 23.7 Å². The predicted octanol–water partition coefficient (Wildman–Crippen LogP) is 3.83. The Bertz CT molecular complexity index is 809. The van der Waals surface area contributed by atoms with Crippen molar-refractivity contribution in [2.45, 2.75) is 63.2 Å². The molecule has 0 aromatic heterocycles. The fourth-order valence-electron chi connectivity index (χ4n) is 4.90. The molecule has 6 nitrogen and oxygen atoms in total. The van der Waals surface area contributed by atoms with Gasteiger partial charge in [0.25, 0.3) is 0 Å². The van der Waals surface area contributed by atoms with Crippen LogP contribution in [0.1, 0.15) is 37.0 Å². The number of esters is 1. The molecule has 0 amide bonds. The van der Waals surface area contributed by atoms with Crippen LogP contribution in [-0.4, -0.2) is 49.1 Å². The summed E-state index contributed by atoms with van der Waals surface area (Å²) in [6.45, 7) is 4.14. The molecule has 0 unspecified atom stereocenters. The van der Waals surface area contributed by atoms with E-state index in [2.05, 4.69) is 28.7 Å². The summed E-state index contributed by atoms with van der Waals surface area (Å²) in [5.41, 5.74) is 0.534. The molecule has 0 N–H and O–H groups in total. The van der Waals surface area contributed by atoms with Gasteiger partial charge in [-0.1, -0.05) is 24.3 Å². The van der Waals surface area contributed by atoms with Gasteiger partial charge in [-0.05, 0) is 58.6 Å². The molecule has 1 aromatic carbocycles. The molecule has 0 spiro atoms. The monoisotopic (exact) mass is 512 g/mol. The van der Waals surface area contributed by atoms with Crippen LogP contribution >= 0.6 is 22.6 Å². The zero-order valence-corrected chi connectivity index (χ0v) is 18.6. The number of hydrogen-bond acceptors (Lipinski definition) is 6. The van der Waals surface area contributed by atoms with Gasteiger partial charge in [0, 0.05) is 12.3 Å². The molecule has 5 rings (SSSR count). The van der Waals surface area contributed by atoms with Crippen molar-refractivity contribution in [2.75, 3.05) is 6.61 Å². The molecule has 3 fully saturated rings. The molecule has 4 aliphatic rings. The van der Waals surface area contributed by atoms with Gasteiger partial charge in [0.1, 0.15) is 18.3 Å². The number of rotatable bonds is 2. The minimum absolute atomic E-state index is 0.0661. The van der Waals surface area contributed by atoms with Gasteiger partial charge in [0.15, 0.2) is 12.1 Å². The molecular weight excluding hydrogens is 487 g/mol. The van der Waals surface area contributed by atoms with E-state index in [1.807, 2.05) is 32.0 Å². The van der Waals surface area contributed by atoms with Gasteiger partial charge in [-0.2, -0.15) is 0 Å². The average Bonchev–Trinajstić information content (AvgIpc) is 3.05. The lowest BCUT2D eigenvalue weighted by atomic mass is 9.76. The van der Waals surface area contributed by atoms with Crippen LogP contribution in [0.25, 0.3) is 0 Å². The summed E-state index contributed by atoms with van der Waals surface area (Å²) in [7, 11) is 0. The first kappa shape index (κ1) is 19.9. The van der Waals surface area contributed by atoms with E-state index in [9.17, 15) is 4.79 Å². The lowest BCUT2D eigenvalue weighted by Crippen LogP contribution is -2.63. The Morgan fingerprint density at radius 1 is 1.17 bits per heavy atom. The molecular formula is C22H25IO6. The quantitative estimate of drug-likeness (QED) is 0.444. The molecule has 3 saturated heterocycles. The largest absolute Gasteiger partial charge is 0.455 e. The van der Waals surface area contributed by atoms with Crippen molar-refractivity contribution in [3.8, 4) is 0 Å². The van der Waals surface area contributed by atoms with Crippen LogP contribution in [-0.2, 0) is 23.7 Å². The topological polar surface area (TPSA) is 63.2 Å². The lowest BCUT2D eigenvalue weighted by Gasteiger charge is -2.49. The van der Waals surface area contributed by atoms with E-state index in [0.717, 1.165) is 12.8 Å². The molecule has 156 valence electrons. The Labute approximate surface area is 184 Å². The first-order valence-corrected chi connectivity index (χ1v) is 11.2. The third-order valence-electron chi connectivity index (χ3n) is 6.25. The molecule has 1 aromatic rings. The summed E-state index contributed by atoms with van der Waals surface area (Å²) in [5.74, 6) is -0.923. The highest BCUT2D eigenvalue weighted by Crippen LogP contribution is 2.50. The van der Waals surface area contributed by atoms with Crippen LogP contribution in [0.4, 0.5) is 0 Å². The zero-order chi connectivity index (χ0) is 20.2. The van der Waals surface area contributed by atoms with Gasteiger partial charge in [-0.15, -0.1) is 0 Å². The third kappa shape index (κ3) is 3.76. The number of carbonyl (C=O) groups is 1. The molecule has 0 saturated carbocycles. The zero-order valence-electron chi connectivity index (χ0n) is 16.5. The number of benzene rings is 1. The van der Waals surface area contributed by atoms with Crippen LogP contribution in [0, 0.1) is 11.8 Å². The minimum Gasteiger partial charge on any atom is -0.455 e. The third-order valence-corrected chi connectivity index (χ3v) is 7.13. The maximum atomic E-state index is 12.9. The number of carbonyl (C=O) groups excluding carboxylic acids is 1. The summed E-state index contributed by atoms with van der Waals surface area (Å²) < 4.78 is 32.0. The maximum absolute atomic E-state index is 12.9. The van der Waals surface area contributed by atoms with Crippen molar-refractivity contribution in [3.63, 3.8) is 0 Å². The highest BCUT2D eigenvalue weighted by Gasteiger charge is 2.60. The van der Waals surface area contributed by atoms with Crippen LogP contribution in [0.15, 0.2) is 40.0 Å². The standard InChI is InChI=1S/C22H25IO6/c1-22(2)25-11-16-18(29-22)19(28-20(24)12-6-4-3-5-7-12)17-14-9-8-13(23)10-15(14)26-21(17)27-16/h3-8,14-19,21H,9-11H2,1-2H3/t14-,15-,16+,17+,18+,19+,21-/m0/s1. The molecule has 1 aliphatic carbocycles. The Morgan fingerprint density at radius 2 is 1.93 bits per heavy atom. The number of fused-ring (bicyclic) bond motifs is 4. The van der Waals surface area contributed by atoms with Crippen molar-refractivity contribution in [3.05, 3.63) is 45.6 Å². The summed E-state index contributed by atoms with van der Waals surface area (Å²) in [6.07, 6.45) is 2.52. The molecule has 3 aliphatic heterocycles. The Hall–Kier alpha value is -1.00. The van der Waals surface area contributed by atoms with Gasteiger partial charge in [0.05, 0.1) is 24.2 Å². The minimum atomic E-state index is -0.754. The van der Waals surface area contributed by atoms with Crippen LogP contribution in [0.2, 0.25) is 0 Å². The maximum Gasteiger partial charge on any atom is 0.338 e. The Morgan fingerprint density at radius 3 is 2.72 bits per heavy atom. The number of halogens is 1. The van der Waals surface area contributed by atoms with Crippen molar-refractivity contribution < 1.29 is 28.5 Å². The summed E-state index contributed by atoms with van der Waals surface area (Å²) in [6, 6.07) is 9.09. The van der Waals surface area contributed by atoms with Gasteiger partial charge in [-0.25, -0.2) is 4.79 Å². The summed E-state index contributed by atoms with van der Waals surface area (Å²) in [4.78, 5) is 12.9. The number of allylic oxidation sites excluding steroid dienone is 1. The summed E-state index contributed by atoms with van der Waals surface area (Å²) in [5, 5.41) is 0. The van der Waals surface area contributed by atoms with E-state index >= 15 is 0 Å². The van der Waals surface area contributed by atoms with Crippen LogP contribution in [0.5, 0.6) is 0 Å². The van der Waals surface area contributed by atoms with E-state index in [0.29, 0.717) is 12.2 Å². The molecule has 7 heteroatoms. The first-order chi connectivity index (χ1) is 13.9. The van der Waals surface area contributed by atoms with Crippen molar-refractivity contribution in [2.24, 2.45) is 11.8 Å². The molecule has 29 heavy (non-hydrogen) atoms. The normalized spacial score (nSPS) is 40.2. The van der Waals surface area contributed by atoms with Gasteiger partial charge in [0.2, 0.25) is 0 Å². The van der Waals surface area contributed by atoms with E-state index in [1.54, 1.807) is 12.1 Å². The second-order valence-corrected chi connectivity index (χ2v) is 9.96. The summed E-state index contributed by atoms with van der Waals surface area (Å²) >= 11 is 2.37. The molecule has 7 atom stereocenters. The van der Waals surface area contributed by atoms with Crippen LogP contribution < -0.4 is 0 Å². The first-order valence-electron chi connectivity index (χ1n) is 10.1. The van der Waals surface area contributed by atoms with Gasteiger partial charge >= 0.3 is 5.97 Å². The van der Waals surface area contributed by atoms with E-state index in [4.69, 9.17) is 23.7 Å². The Kier molecular flexibility index (Phi) is 5.23. The Balaban J connectivity index is 1.46. The molecule has 3 heterocycles. The van der Waals surface area contributed by atoms with Crippen molar-refractivity contribution >= 4 is 28.6 Å². The highest BCUT2D eigenvalue weighted by molar-refractivity contribution is 14.1. The van der Waals surface area contributed by atoms with Crippen molar-refractivity contribution in [1.82, 2.24) is 0 Å².